The predicted octanol–water partition coefficient (Wildman–Crippen LogP) is 3.29. The fourth-order valence-electron chi connectivity index (χ4n) is 3.70. The highest BCUT2D eigenvalue weighted by atomic mass is 16.5. The molecule has 2 aromatic rings. The van der Waals surface area contributed by atoms with Gasteiger partial charge in [0.05, 0.1) is 35.3 Å². The van der Waals surface area contributed by atoms with Crippen molar-refractivity contribution >= 4 is 23.0 Å². The molecular weight excluding hydrogens is 344 g/mol. The Labute approximate surface area is 156 Å². The van der Waals surface area contributed by atoms with Gasteiger partial charge in [-0.25, -0.2) is 0 Å². The van der Waals surface area contributed by atoms with Crippen molar-refractivity contribution in [1.29, 1.82) is 0 Å². The maximum Gasteiger partial charge on any atom is 0.211 e. The molecule has 4 rings (SSSR count). The first-order chi connectivity index (χ1) is 13.0. The third-order valence-corrected chi connectivity index (χ3v) is 4.92. The summed E-state index contributed by atoms with van der Waals surface area (Å²) in [6.07, 6.45) is 3.00. The Hall–Kier alpha value is -3.28. The average molecular weight is 362 g/mol. The number of ketones is 3. The number of carbonyl (C=O) groups is 3. The number of aromatic nitrogens is 1. The molecule has 0 fully saturated rings. The lowest BCUT2D eigenvalue weighted by molar-refractivity contribution is 0.0951. The number of para-hydroxylation sites is 2. The second-order valence-corrected chi connectivity index (χ2v) is 6.62. The fourth-order valence-corrected chi connectivity index (χ4v) is 3.70. The summed E-state index contributed by atoms with van der Waals surface area (Å²) >= 11 is 0. The van der Waals surface area contributed by atoms with Crippen molar-refractivity contribution in [3.05, 3.63) is 64.1 Å². The largest absolute Gasteiger partial charge is 0.495 e. The van der Waals surface area contributed by atoms with Crippen LogP contribution in [0.15, 0.2) is 36.0 Å². The summed E-state index contributed by atoms with van der Waals surface area (Å²) in [6.45, 7) is 1.70. The number of hydrogen-bond donors (Lipinski definition) is 1. The van der Waals surface area contributed by atoms with Crippen LogP contribution in [0.1, 0.15) is 55.3 Å². The van der Waals surface area contributed by atoms with E-state index in [1.54, 1.807) is 25.1 Å². The molecule has 6 heteroatoms. The van der Waals surface area contributed by atoms with Crippen LogP contribution in [0.5, 0.6) is 5.75 Å². The first kappa shape index (κ1) is 17.1. The third kappa shape index (κ3) is 2.73. The molecule has 136 valence electrons. The molecular formula is C21H18N2O4. The maximum atomic E-state index is 13.1. The van der Waals surface area contributed by atoms with Crippen molar-refractivity contribution in [3.8, 4) is 5.75 Å². The van der Waals surface area contributed by atoms with Gasteiger partial charge in [-0.1, -0.05) is 12.1 Å². The smallest absolute Gasteiger partial charge is 0.211 e. The van der Waals surface area contributed by atoms with Gasteiger partial charge in [-0.3, -0.25) is 19.4 Å². The summed E-state index contributed by atoms with van der Waals surface area (Å²) in [4.78, 5) is 42.9. The quantitative estimate of drug-likeness (QED) is 0.902. The summed E-state index contributed by atoms with van der Waals surface area (Å²) in [6, 6.07) is 7.13. The summed E-state index contributed by atoms with van der Waals surface area (Å²) in [5, 5.41) is 2.99. The Balaban J connectivity index is 1.82. The number of methoxy groups -OCH3 is 1. The zero-order valence-electron chi connectivity index (χ0n) is 15.1. The molecule has 2 aliphatic rings. The lowest BCUT2D eigenvalue weighted by Gasteiger charge is -2.24. The number of aryl methyl sites for hydroxylation is 2. The van der Waals surface area contributed by atoms with Crippen molar-refractivity contribution in [3.63, 3.8) is 0 Å². The van der Waals surface area contributed by atoms with Gasteiger partial charge < -0.3 is 10.1 Å². The highest BCUT2D eigenvalue weighted by Crippen LogP contribution is 2.33. The van der Waals surface area contributed by atoms with E-state index >= 15 is 0 Å². The molecule has 2 aliphatic carbocycles. The molecule has 0 spiro atoms. The Bertz CT molecular complexity index is 1040. The van der Waals surface area contributed by atoms with E-state index in [4.69, 9.17) is 4.74 Å². The van der Waals surface area contributed by atoms with E-state index in [2.05, 4.69) is 10.3 Å². The van der Waals surface area contributed by atoms with Crippen molar-refractivity contribution in [2.24, 2.45) is 0 Å². The number of benzene rings is 1. The Morgan fingerprint density at radius 2 is 1.81 bits per heavy atom. The highest BCUT2D eigenvalue weighted by molar-refractivity contribution is 6.28. The van der Waals surface area contributed by atoms with E-state index in [1.165, 1.54) is 13.2 Å². The molecule has 27 heavy (non-hydrogen) atoms. The molecule has 0 radical (unpaired) electrons. The van der Waals surface area contributed by atoms with Crippen molar-refractivity contribution in [2.45, 2.75) is 26.2 Å². The number of carbonyl (C=O) groups excluding carboxylic acids is 3. The van der Waals surface area contributed by atoms with E-state index in [0.29, 0.717) is 41.2 Å². The number of nitrogens with zero attached hydrogens (tertiary/aromatic N) is 1. The molecule has 1 aromatic carbocycles. The van der Waals surface area contributed by atoms with Crippen LogP contribution in [-0.2, 0) is 6.42 Å². The first-order valence-corrected chi connectivity index (χ1v) is 8.78. The van der Waals surface area contributed by atoms with Gasteiger partial charge in [-0.15, -0.1) is 0 Å². The molecule has 0 bridgehead atoms. The van der Waals surface area contributed by atoms with Gasteiger partial charge in [0.2, 0.25) is 5.78 Å². The van der Waals surface area contributed by atoms with Crippen molar-refractivity contribution in [2.75, 3.05) is 12.4 Å². The number of hydrogen-bond acceptors (Lipinski definition) is 6. The molecule has 6 nitrogen and oxygen atoms in total. The first-order valence-electron chi connectivity index (χ1n) is 8.78. The van der Waals surface area contributed by atoms with Crippen LogP contribution >= 0.6 is 0 Å². The minimum atomic E-state index is -0.348. The summed E-state index contributed by atoms with van der Waals surface area (Å²) in [7, 11) is 1.53. The van der Waals surface area contributed by atoms with Crippen LogP contribution in [0.4, 0.5) is 5.69 Å². The van der Waals surface area contributed by atoms with Crippen LogP contribution in [0.3, 0.4) is 0 Å². The molecule has 0 atom stereocenters. The van der Waals surface area contributed by atoms with E-state index in [1.807, 2.05) is 6.07 Å². The van der Waals surface area contributed by atoms with Gasteiger partial charge in [-0.05, 0) is 31.9 Å². The molecule has 0 saturated carbocycles. The van der Waals surface area contributed by atoms with E-state index in [-0.39, 0.29) is 34.2 Å². The number of ether oxygens (including phenoxy) is 1. The van der Waals surface area contributed by atoms with Crippen molar-refractivity contribution < 1.29 is 19.1 Å². The lowest BCUT2D eigenvalue weighted by Crippen LogP contribution is -2.28. The number of pyridine rings is 1. The SMILES string of the molecule is COc1ccccc1NC1=CC(=O)c2c(c(C)nc3c2C(=O)CCC3)C1=O. The van der Waals surface area contributed by atoms with Crippen LogP contribution in [0.2, 0.25) is 0 Å². The van der Waals surface area contributed by atoms with Gasteiger partial charge in [0, 0.05) is 23.8 Å². The normalized spacial score (nSPS) is 15.8. The zero-order valence-corrected chi connectivity index (χ0v) is 15.1. The summed E-state index contributed by atoms with van der Waals surface area (Å²) < 4.78 is 5.29. The van der Waals surface area contributed by atoms with E-state index < -0.39 is 0 Å². The topological polar surface area (TPSA) is 85.4 Å². The van der Waals surface area contributed by atoms with E-state index in [9.17, 15) is 14.4 Å². The second kappa shape index (κ2) is 6.46. The molecule has 1 heterocycles. The van der Waals surface area contributed by atoms with Gasteiger partial charge in [0.1, 0.15) is 5.75 Å². The number of fused-ring (bicyclic) bond motifs is 3. The maximum absolute atomic E-state index is 13.1. The van der Waals surface area contributed by atoms with Gasteiger partial charge >= 0.3 is 0 Å². The summed E-state index contributed by atoms with van der Waals surface area (Å²) in [5.74, 6) is -0.253. The number of rotatable bonds is 3. The monoisotopic (exact) mass is 362 g/mol. The minimum Gasteiger partial charge on any atom is -0.495 e. The highest BCUT2D eigenvalue weighted by Gasteiger charge is 2.35. The van der Waals surface area contributed by atoms with Crippen LogP contribution < -0.4 is 10.1 Å². The molecule has 1 N–H and O–H groups in total. The standard InChI is InChI=1S/C21H18N2O4/c1-11-18-20(19-13(22-11)7-5-8-15(19)24)16(25)10-14(21(18)26)23-12-6-3-4-9-17(12)27-2/h3-4,6,9-10,23H,5,7-8H2,1-2H3. The molecule has 0 saturated heterocycles. The predicted molar refractivity (Wildman–Crippen MR) is 99.6 cm³/mol. The molecule has 0 amide bonds. The van der Waals surface area contributed by atoms with Gasteiger partial charge in [0.25, 0.3) is 0 Å². The van der Waals surface area contributed by atoms with Crippen LogP contribution in [0.25, 0.3) is 0 Å². The van der Waals surface area contributed by atoms with Crippen LogP contribution in [0, 0.1) is 6.92 Å². The van der Waals surface area contributed by atoms with Crippen LogP contribution in [-0.4, -0.2) is 29.4 Å². The van der Waals surface area contributed by atoms with Gasteiger partial charge in [0.15, 0.2) is 11.6 Å². The summed E-state index contributed by atoms with van der Waals surface area (Å²) in [5.41, 5.74) is 2.57. The second-order valence-electron chi connectivity index (χ2n) is 6.62. The zero-order chi connectivity index (χ0) is 19.1. The molecule has 1 aromatic heterocycles. The lowest BCUT2D eigenvalue weighted by atomic mass is 9.82. The Morgan fingerprint density at radius 3 is 2.59 bits per heavy atom. The number of anilines is 1. The molecule has 0 aliphatic heterocycles. The average Bonchev–Trinajstić information content (AvgIpc) is 2.65. The van der Waals surface area contributed by atoms with Crippen molar-refractivity contribution in [1.82, 2.24) is 4.98 Å². The molecule has 0 unspecified atom stereocenters. The third-order valence-electron chi connectivity index (χ3n) is 4.92. The fraction of sp³-hybridized carbons (Fsp3) is 0.238. The minimum absolute atomic E-state index is 0.115. The number of allylic oxidation sites excluding steroid dienone is 2. The Kier molecular flexibility index (Phi) is 4.11. The number of Topliss-reactive ketones (excluding diaryl/α,β-unsaturated/α-hetero) is 2. The van der Waals surface area contributed by atoms with Gasteiger partial charge in [-0.2, -0.15) is 0 Å². The number of nitrogens with one attached hydrogen (secondary N) is 1. The Morgan fingerprint density at radius 1 is 1.04 bits per heavy atom. The van der Waals surface area contributed by atoms with E-state index in [0.717, 1.165) is 6.42 Å².